The second-order valence-corrected chi connectivity index (χ2v) is 4.87. The molecule has 0 atom stereocenters. The topological polar surface area (TPSA) is 52.0 Å². The molecule has 0 radical (unpaired) electrons. The summed E-state index contributed by atoms with van der Waals surface area (Å²) in [4.78, 5) is 4.43. The first-order valence-electron chi connectivity index (χ1n) is 6.11. The molecule has 0 fully saturated rings. The van der Waals surface area contributed by atoms with Gasteiger partial charge in [-0.15, -0.1) is 0 Å². The Morgan fingerprint density at radius 1 is 1.11 bits per heavy atom. The molecule has 4 heteroatoms. The van der Waals surface area contributed by atoms with Crippen LogP contribution in [0.3, 0.4) is 0 Å². The van der Waals surface area contributed by atoms with E-state index >= 15 is 0 Å². The first-order valence-corrected chi connectivity index (χ1v) is 6.48. The molecule has 0 unspecified atom stereocenters. The molecule has 96 valence electrons. The highest BCUT2D eigenvalue weighted by atomic mass is 35.5. The molecule has 3 rings (SSSR count). The maximum Gasteiger partial charge on any atom is 0.195 e. The van der Waals surface area contributed by atoms with Crippen molar-refractivity contribution in [1.82, 2.24) is 4.98 Å². The molecule has 0 bridgehead atoms. The van der Waals surface area contributed by atoms with Crippen LogP contribution in [0.25, 0.3) is 11.1 Å². The fraction of sp³-hybridized carbons (Fsp3) is 0.133. The van der Waals surface area contributed by atoms with Gasteiger partial charge in [0.05, 0.1) is 5.69 Å². The largest absolute Gasteiger partial charge is 0.439 e. The Bertz CT molecular complexity index is 721. The molecular weight excluding hydrogens is 260 g/mol. The van der Waals surface area contributed by atoms with Gasteiger partial charge in [0.1, 0.15) is 5.52 Å². The molecule has 2 aromatic carbocycles. The maximum atomic E-state index is 5.96. The molecule has 0 aliphatic carbocycles. The molecule has 1 heterocycles. The van der Waals surface area contributed by atoms with Gasteiger partial charge in [-0.25, -0.2) is 4.98 Å². The van der Waals surface area contributed by atoms with Gasteiger partial charge in [-0.1, -0.05) is 29.8 Å². The van der Waals surface area contributed by atoms with Crippen molar-refractivity contribution in [2.45, 2.75) is 12.8 Å². The van der Waals surface area contributed by atoms with E-state index in [2.05, 4.69) is 4.98 Å². The molecule has 3 aromatic rings. The number of aromatic nitrogens is 1. The normalized spacial score (nSPS) is 11.0. The lowest BCUT2D eigenvalue weighted by Crippen LogP contribution is -1.91. The number of halogens is 1. The lowest BCUT2D eigenvalue weighted by Gasteiger charge is -1.99. The second kappa shape index (κ2) is 4.94. The zero-order valence-corrected chi connectivity index (χ0v) is 11.0. The van der Waals surface area contributed by atoms with Gasteiger partial charge in [-0.3, -0.25) is 0 Å². The number of rotatable bonds is 3. The van der Waals surface area contributed by atoms with Crippen LogP contribution in [0.2, 0.25) is 5.02 Å². The fourth-order valence-corrected chi connectivity index (χ4v) is 2.28. The molecule has 0 aliphatic rings. The fourth-order valence-electron chi connectivity index (χ4n) is 2.07. The number of oxazole rings is 1. The van der Waals surface area contributed by atoms with Crippen LogP contribution in [0.1, 0.15) is 11.5 Å². The van der Waals surface area contributed by atoms with Gasteiger partial charge in [-0.05, 0) is 36.2 Å². The minimum Gasteiger partial charge on any atom is -0.439 e. The van der Waals surface area contributed by atoms with E-state index in [4.69, 9.17) is 21.8 Å². The first-order chi connectivity index (χ1) is 9.22. The van der Waals surface area contributed by atoms with Crippen molar-refractivity contribution in [1.29, 1.82) is 0 Å². The van der Waals surface area contributed by atoms with E-state index in [1.165, 1.54) is 5.56 Å². The van der Waals surface area contributed by atoms with Crippen LogP contribution in [-0.4, -0.2) is 4.98 Å². The average molecular weight is 273 g/mol. The van der Waals surface area contributed by atoms with Crippen molar-refractivity contribution in [3.63, 3.8) is 0 Å². The highest BCUT2D eigenvalue weighted by Gasteiger charge is 2.08. The predicted octanol–water partition coefficient (Wildman–Crippen LogP) is 3.85. The van der Waals surface area contributed by atoms with Gasteiger partial charge >= 0.3 is 0 Å². The van der Waals surface area contributed by atoms with E-state index in [1.54, 1.807) is 0 Å². The summed E-state index contributed by atoms with van der Waals surface area (Å²) in [6, 6.07) is 13.4. The first kappa shape index (κ1) is 12.1. The number of nitrogens with two attached hydrogens (primary N) is 1. The summed E-state index contributed by atoms with van der Waals surface area (Å²) in [5, 5.41) is 0.749. The van der Waals surface area contributed by atoms with Gasteiger partial charge in [0.25, 0.3) is 0 Å². The average Bonchev–Trinajstić information content (AvgIpc) is 2.81. The molecule has 0 amide bonds. The third kappa shape index (κ3) is 2.56. The molecule has 1 aromatic heterocycles. The summed E-state index contributed by atoms with van der Waals surface area (Å²) < 4.78 is 5.68. The van der Waals surface area contributed by atoms with Crippen LogP contribution in [0.15, 0.2) is 46.9 Å². The Labute approximate surface area is 116 Å². The zero-order valence-electron chi connectivity index (χ0n) is 10.3. The van der Waals surface area contributed by atoms with Crippen molar-refractivity contribution >= 4 is 28.4 Å². The van der Waals surface area contributed by atoms with E-state index in [0.29, 0.717) is 17.2 Å². The Morgan fingerprint density at radius 3 is 2.74 bits per heavy atom. The predicted molar refractivity (Wildman–Crippen MR) is 77.3 cm³/mol. The number of nitrogen functional groups attached to an aromatic ring is 1. The molecule has 0 saturated carbocycles. The van der Waals surface area contributed by atoms with Crippen LogP contribution in [0.5, 0.6) is 0 Å². The summed E-state index contributed by atoms with van der Waals surface area (Å²) in [5.41, 5.74) is 9.12. The summed E-state index contributed by atoms with van der Waals surface area (Å²) >= 11 is 5.96. The SMILES string of the molecule is Nc1cccc2nc(CCc3cccc(Cl)c3)oc12. The zero-order chi connectivity index (χ0) is 13.2. The van der Waals surface area contributed by atoms with Crippen molar-refractivity contribution < 1.29 is 4.42 Å². The Hall–Kier alpha value is -2.00. The van der Waals surface area contributed by atoms with E-state index in [0.717, 1.165) is 23.4 Å². The molecule has 0 spiro atoms. The van der Waals surface area contributed by atoms with E-state index in [-0.39, 0.29) is 0 Å². The lowest BCUT2D eigenvalue weighted by molar-refractivity contribution is 0.529. The third-order valence-electron chi connectivity index (χ3n) is 3.01. The Kier molecular flexibility index (Phi) is 3.13. The highest BCUT2D eigenvalue weighted by Crippen LogP contribution is 2.22. The summed E-state index contributed by atoms with van der Waals surface area (Å²) in [7, 11) is 0. The number of hydrogen-bond acceptors (Lipinski definition) is 3. The van der Waals surface area contributed by atoms with Gasteiger partial charge in [-0.2, -0.15) is 0 Å². The number of nitrogens with zero attached hydrogens (tertiary/aromatic N) is 1. The number of benzene rings is 2. The summed E-state index contributed by atoms with van der Waals surface area (Å²) in [5.74, 6) is 0.702. The van der Waals surface area contributed by atoms with Crippen molar-refractivity contribution in [2.75, 3.05) is 5.73 Å². The second-order valence-electron chi connectivity index (χ2n) is 4.43. The molecule has 0 saturated heterocycles. The molecular formula is C15H13ClN2O. The minimum atomic E-state index is 0.624. The monoisotopic (exact) mass is 272 g/mol. The van der Waals surface area contributed by atoms with Crippen LogP contribution >= 0.6 is 11.6 Å². The summed E-state index contributed by atoms with van der Waals surface area (Å²) in [6.07, 6.45) is 1.57. The minimum absolute atomic E-state index is 0.624. The number of anilines is 1. The van der Waals surface area contributed by atoms with Crippen molar-refractivity contribution in [3.8, 4) is 0 Å². The number of fused-ring (bicyclic) bond motifs is 1. The van der Waals surface area contributed by atoms with Crippen molar-refractivity contribution in [2.24, 2.45) is 0 Å². The molecule has 19 heavy (non-hydrogen) atoms. The van der Waals surface area contributed by atoms with Crippen LogP contribution < -0.4 is 5.73 Å². The Balaban J connectivity index is 1.80. The summed E-state index contributed by atoms with van der Waals surface area (Å²) in [6.45, 7) is 0. The Morgan fingerprint density at radius 2 is 1.95 bits per heavy atom. The van der Waals surface area contributed by atoms with E-state index < -0.39 is 0 Å². The van der Waals surface area contributed by atoms with Crippen LogP contribution in [0.4, 0.5) is 5.69 Å². The van der Waals surface area contributed by atoms with Gasteiger partial charge < -0.3 is 10.2 Å². The van der Waals surface area contributed by atoms with Crippen LogP contribution in [0, 0.1) is 0 Å². The number of hydrogen-bond donors (Lipinski definition) is 1. The third-order valence-corrected chi connectivity index (χ3v) is 3.24. The molecule has 2 N–H and O–H groups in total. The van der Waals surface area contributed by atoms with Gasteiger partial charge in [0, 0.05) is 11.4 Å². The van der Waals surface area contributed by atoms with Crippen LogP contribution in [-0.2, 0) is 12.8 Å². The lowest BCUT2D eigenvalue weighted by atomic mass is 10.1. The quantitative estimate of drug-likeness (QED) is 0.737. The molecule has 3 nitrogen and oxygen atoms in total. The smallest absolute Gasteiger partial charge is 0.195 e. The standard InChI is InChI=1S/C15H13ClN2O/c16-11-4-1-3-10(9-11)7-8-14-18-13-6-2-5-12(17)15(13)19-14/h1-6,9H,7-8,17H2. The number of para-hydroxylation sites is 1. The van der Waals surface area contributed by atoms with Gasteiger partial charge in [0.15, 0.2) is 11.5 Å². The van der Waals surface area contributed by atoms with E-state index in [1.807, 2.05) is 42.5 Å². The number of aryl methyl sites for hydroxylation is 2. The van der Waals surface area contributed by atoms with Gasteiger partial charge in [0.2, 0.25) is 0 Å². The molecule has 0 aliphatic heterocycles. The maximum absolute atomic E-state index is 5.96. The van der Waals surface area contributed by atoms with Crippen molar-refractivity contribution in [3.05, 3.63) is 58.9 Å². The van der Waals surface area contributed by atoms with E-state index in [9.17, 15) is 0 Å². The highest BCUT2D eigenvalue weighted by molar-refractivity contribution is 6.30.